The van der Waals surface area contributed by atoms with Crippen molar-refractivity contribution < 1.29 is 9.90 Å². The molecule has 3 N–H and O–H groups in total. The molecule has 1 aromatic heterocycles. The summed E-state index contributed by atoms with van der Waals surface area (Å²) in [6, 6.07) is 0. The number of aromatic amines is 1. The van der Waals surface area contributed by atoms with Gasteiger partial charge in [0.1, 0.15) is 5.82 Å². The Balaban J connectivity index is 2.07. The largest absolute Gasteiger partial charge is 0.388 e. The van der Waals surface area contributed by atoms with E-state index in [1.54, 1.807) is 27.7 Å². The zero-order chi connectivity index (χ0) is 13.6. The standard InChI is InChI=1S/C12H20N4O2/c1-11(2,12(3,4)18)14-10(17)9-13-8(15-16-9)7-5-6-7/h7,18H,5-6H2,1-4H3,(H,14,17)(H,13,15,16). The Morgan fingerprint density at radius 2 is 2.00 bits per heavy atom. The van der Waals surface area contributed by atoms with Crippen molar-refractivity contribution in [3.63, 3.8) is 0 Å². The lowest BCUT2D eigenvalue weighted by Gasteiger charge is -2.37. The molecule has 18 heavy (non-hydrogen) atoms. The Bertz CT molecular complexity index is 455. The molecule has 0 bridgehead atoms. The first-order valence-corrected chi connectivity index (χ1v) is 6.18. The van der Waals surface area contributed by atoms with Crippen LogP contribution in [0, 0.1) is 0 Å². The fourth-order valence-electron chi connectivity index (χ4n) is 1.41. The third-order valence-electron chi connectivity index (χ3n) is 3.63. The van der Waals surface area contributed by atoms with Gasteiger partial charge in [0.05, 0.1) is 11.1 Å². The first kappa shape index (κ1) is 13.0. The summed E-state index contributed by atoms with van der Waals surface area (Å²) in [6.07, 6.45) is 2.21. The van der Waals surface area contributed by atoms with Crippen LogP contribution in [0.1, 0.15) is 62.9 Å². The molecule has 0 atom stereocenters. The molecule has 0 radical (unpaired) electrons. The van der Waals surface area contributed by atoms with Crippen molar-refractivity contribution in [3.8, 4) is 0 Å². The monoisotopic (exact) mass is 252 g/mol. The van der Waals surface area contributed by atoms with Gasteiger partial charge in [0.15, 0.2) is 0 Å². The highest BCUT2D eigenvalue weighted by Gasteiger charge is 2.37. The molecule has 0 aromatic carbocycles. The van der Waals surface area contributed by atoms with Crippen molar-refractivity contribution in [2.24, 2.45) is 0 Å². The fourth-order valence-corrected chi connectivity index (χ4v) is 1.41. The van der Waals surface area contributed by atoms with Crippen molar-refractivity contribution in [2.75, 3.05) is 0 Å². The molecule has 6 heteroatoms. The Morgan fingerprint density at radius 1 is 1.39 bits per heavy atom. The van der Waals surface area contributed by atoms with Crippen LogP contribution in [0.15, 0.2) is 0 Å². The number of rotatable bonds is 4. The molecule has 1 aliphatic rings. The van der Waals surface area contributed by atoms with E-state index < -0.39 is 11.1 Å². The summed E-state index contributed by atoms with van der Waals surface area (Å²) in [5, 5.41) is 19.4. The molecule has 0 saturated heterocycles. The molecular weight excluding hydrogens is 232 g/mol. The van der Waals surface area contributed by atoms with Crippen molar-refractivity contribution in [1.82, 2.24) is 20.5 Å². The maximum Gasteiger partial charge on any atom is 0.291 e. The van der Waals surface area contributed by atoms with Gasteiger partial charge in [0.25, 0.3) is 5.91 Å². The molecular formula is C12H20N4O2. The summed E-state index contributed by atoms with van der Waals surface area (Å²) in [5.74, 6) is 0.974. The van der Waals surface area contributed by atoms with Crippen LogP contribution in [0.5, 0.6) is 0 Å². The highest BCUT2D eigenvalue weighted by molar-refractivity contribution is 5.91. The number of nitrogens with zero attached hydrogens (tertiary/aromatic N) is 2. The van der Waals surface area contributed by atoms with Gasteiger partial charge in [0, 0.05) is 5.92 Å². The number of aliphatic hydroxyl groups is 1. The summed E-state index contributed by atoms with van der Waals surface area (Å²) in [6.45, 7) is 6.83. The van der Waals surface area contributed by atoms with E-state index in [0.29, 0.717) is 5.92 Å². The molecule has 1 heterocycles. The summed E-state index contributed by atoms with van der Waals surface area (Å²) in [4.78, 5) is 16.2. The van der Waals surface area contributed by atoms with Crippen LogP contribution < -0.4 is 5.32 Å². The third kappa shape index (κ3) is 2.53. The number of carbonyl (C=O) groups excluding carboxylic acids is 1. The Morgan fingerprint density at radius 3 is 2.50 bits per heavy atom. The van der Waals surface area contributed by atoms with E-state index in [4.69, 9.17) is 0 Å². The zero-order valence-electron chi connectivity index (χ0n) is 11.2. The number of carbonyl (C=O) groups is 1. The number of hydrogen-bond donors (Lipinski definition) is 3. The minimum Gasteiger partial charge on any atom is -0.388 e. The number of nitrogens with one attached hydrogen (secondary N) is 2. The van der Waals surface area contributed by atoms with Crippen molar-refractivity contribution in [2.45, 2.75) is 57.6 Å². The zero-order valence-corrected chi connectivity index (χ0v) is 11.2. The van der Waals surface area contributed by atoms with E-state index in [9.17, 15) is 9.90 Å². The van der Waals surface area contributed by atoms with Gasteiger partial charge >= 0.3 is 0 Å². The van der Waals surface area contributed by atoms with Crippen LogP contribution in [0.25, 0.3) is 0 Å². The van der Waals surface area contributed by atoms with Crippen LogP contribution in [0.2, 0.25) is 0 Å². The lowest BCUT2D eigenvalue weighted by molar-refractivity contribution is -0.00312. The Kier molecular flexibility index (Phi) is 2.93. The second-order valence-corrected chi connectivity index (χ2v) is 5.96. The van der Waals surface area contributed by atoms with E-state index in [0.717, 1.165) is 18.7 Å². The minimum absolute atomic E-state index is 0.134. The van der Waals surface area contributed by atoms with Gasteiger partial charge in [0.2, 0.25) is 5.82 Å². The van der Waals surface area contributed by atoms with Gasteiger partial charge < -0.3 is 10.4 Å². The van der Waals surface area contributed by atoms with Crippen LogP contribution in [-0.4, -0.2) is 37.3 Å². The van der Waals surface area contributed by atoms with Crippen molar-refractivity contribution >= 4 is 5.91 Å². The number of amides is 1. The Hall–Kier alpha value is -1.43. The summed E-state index contributed by atoms with van der Waals surface area (Å²) < 4.78 is 0. The fraction of sp³-hybridized carbons (Fsp3) is 0.750. The quantitative estimate of drug-likeness (QED) is 0.744. The lowest BCUT2D eigenvalue weighted by Crippen LogP contribution is -2.57. The van der Waals surface area contributed by atoms with Crippen molar-refractivity contribution in [3.05, 3.63) is 11.6 Å². The summed E-state index contributed by atoms with van der Waals surface area (Å²) in [7, 11) is 0. The first-order chi connectivity index (χ1) is 8.21. The molecule has 1 aliphatic carbocycles. The molecule has 100 valence electrons. The SMILES string of the molecule is CC(C)(O)C(C)(C)NC(=O)c1n[nH]c(C2CC2)n1. The predicted molar refractivity (Wildman–Crippen MR) is 66.2 cm³/mol. The van der Waals surface area contributed by atoms with Crippen LogP contribution in [0.3, 0.4) is 0 Å². The molecule has 2 rings (SSSR count). The molecule has 1 fully saturated rings. The normalized spacial score (nSPS) is 16.7. The smallest absolute Gasteiger partial charge is 0.291 e. The summed E-state index contributed by atoms with van der Waals surface area (Å²) >= 11 is 0. The first-order valence-electron chi connectivity index (χ1n) is 6.18. The molecule has 1 amide bonds. The topological polar surface area (TPSA) is 90.9 Å². The molecule has 0 spiro atoms. The van der Waals surface area contributed by atoms with Gasteiger partial charge in [-0.15, -0.1) is 5.10 Å². The van der Waals surface area contributed by atoms with E-state index in [-0.39, 0.29) is 11.7 Å². The summed E-state index contributed by atoms with van der Waals surface area (Å²) in [5.41, 5.74) is -1.79. The molecule has 1 aromatic rings. The molecule has 0 aliphatic heterocycles. The molecule has 0 unspecified atom stereocenters. The van der Waals surface area contributed by atoms with E-state index in [1.165, 1.54) is 0 Å². The lowest BCUT2D eigenvalue weighted by atomic mass is 9.86. The van der Waals surface area contributed by atoms with E-state index >= 15 is 0 Å². The molecule has 1 saturated carbocycles. The van der Waals surface area contributed by atoms with E-state index in [1.807, 2.05) is 0 Å². The number of hydrogen-bond acceptors (Lipinski definition) is 4. The van der Waals surface area contributed by atoms with Gasteiger partial charge in [-0.3, -0.25) is 9.89 Å². The van der Waals surface area contributed by atoms with Gasteiger partial charge in [-0.2, -0.15) is 0 Å². The van der Waals surface area contributed by atoms with Crippen LogP contribution in [-0.2, 0) is 0 Å². The maximum atomic E-state index is 12.0. The molecule has 6 nitrogen and oxygen atoms in total. The third-order valence-corrected chi connectivity index (χ3v) is 3.63. The predicted octanol–water partition coefficient (Wildman–Crippen LogP) is 0.961. The number of aromatic nitrogens is 3. The average Bonchev–Trinajstić information content (AvgIpc) is 2.94. The maximum absolute atomic E-state index is 12.0. The van der Waals surface area contributed by atoms with Crippen LogP contribution >= 0.6 is 0 Å². The Labute approximate surface area is 106 Å². The van der Waals surface area contributed by atoms with Crippen LogP contribution in [0.4, 0.5) is 0 Å². The van der Waals surface area contributed by atoms with E-state index in [2.05, 4.69) is 20.5 Å². The average molecular weight is 252 g/mol. The highest BCUT2D eigenvalue weighted by atomic mass is 16.3. The van der Waals surface area contributed by atoms with Gasteiger partial charge in [-0.25, -0.2) is 4.98 Å². The minimum atomic E-state index is -1.03. The highest BCUT2D eigenvalue weighted by Crippen LogP contribution is 2.37. The van der Waals surface area contributed by atoms with Gasteiger partial charge in [-0.05, 0) is 40.5 Å². The second-order valence-electron chi connectivity index (χ2n) is 5.96. The van der Waals surface area contributed by atoms with Crippen molar-refractivity contribution in [1.29, 1.82) is 0 Å². The number of H-pyrrole nitrogens is 1. The van der Waals surface area contributed by atoms with Gasteiger partial charge in [-0.1, -0.05) is 0 Å². The second kappa shape index (κ2) is 4.05.